The zero-order chi connectivity index (χ0) is 19.4. The molecule has 4 heteroatoms. The van der Waals surface area contributed by atoms with E-state index in [0.717, 1.165) is 46.7 Å². The van der Waals surface area contributed by atoms with Crippen molar-refractivity contribution in [2.24, 2.45) is 0 Å². The first-order valence-corrected chi connectivity index (χ1v) is 10.8. The third kappa shape index (κ3) is 4.52. The molecule has 0 N–H and O–H groups in total. The summed E-state index contributed by atoms with van der Waals surface area (Å²) in [5, 5.41) is 0.815. The molecule has 1 heterocycles. The van der Waals surface area contributed by atoms with Crippen LogP contribution in [-0.2, 0) is 12.8 Å². The van der Waals surface area contributed by atoms with Crippen molar-refractivity contribution in [3.8, 4) is 5.75 Å². The lowest BCUT2D eigenvalue weighted by Crippen LogP contribution is -2.27. The molecule has 1 fully saturated rings. The van der Waals surface area contributed by atoms with Crippen LogP contribution in [0.15, 0.2) is 47.4 Å². The van der Waals surface area contributed by atoms with Crippen molar-refractivity contribution >= 4 is 33.2 Å². The van der Waals surface area contributed by atoms with E-state index in [1.807, 2.05) is 24.3 Å². The van der Waals surface area contributed by atoms with Gasteiger partial charge >= 0.3 is 0 Å². The summed E-state index contributed by atoms with van der Waals surface area (Å²) in [7, 11) is 1.72. The molecule has 0 aromatic heterocycles. The van der Waals surface area contributed by atoms with Gasteiger partial charge in [-0.2, -0.15) is 0 Å². The highest BCUT2D eigenvalue weighted by Gasteiger charge is 2.25. The summed E-state index contributed by atoms with van der Waals surface area (Å²) < 4.78 is 6.59. The Hall–Kier alpha value is -1.45. The van der Waals surface area contributed by atoms with E-state index in [4.69, 9.17) is 16.3 Å². The molecule has 0 radical (unpaired) electrons. The molecule has 0 bridgehead atoms. The van der Waals surface area contributed by atoms with E-state index in [9.17, 15) is 0 Å². The summed E-state index contributed by atoms with van der Waals surface area (Å²) in [6.07, 6.45) is 5.36. The monoisotopic (exact) mass is 447 g/mol. The maximum absolute atomic E-state index is 6.62. The third-order valence-electron chi connectivity index (χ3n) is 5.51. The molecule has 3 rings (SSSR count). The second-order valence-corrected chi connectivity index (χ2v) is 8.39. The normalized spacial score (nSPS) is 16.6. The van der Waals surface area contributed by atoms with Gasteiger partial charge in [-0.05, 0) is 67.5 Å². The molecule has 144 valence electrons. The van der Waals surface area contributed by atoms with Crippen LogP contribution in [0.4, 0.5) is 0 Å². The van der Waals surface area contributed by atoms with Crippen LogP contribution in [0.3, 0.4) is 0 Å². The van der Waals surface area contributed by atoms with Gasteiger partial charge in [0.25, 0.3) is 0 Å². The van der Waals surface area contributed by atoms with E-state index in [2.05, 4.69) is 46.5 Å². The highest BCUT2D eigenvalue weighted by Crippen LogP contribution is 2.34. The van der Waals surface area contributed by atoms with Gasteiger partial charge in [0.1, 0.15) is 5.75 Å². The first-order valence-electron chi connectivity index (χ1n) is 9.60. The molecular formula is C23H27BrClNO. The highest BCUT2D eigenvalue weighted by molar-refractivity contribution is 9.10. The molecule has 0 saturated carbocycles. The van der Waals surface area contributed by atoms with Crippen molar-refractivity contribution in [2.45, 2.75) is 45.1 Å². The van der Waals surface area contributed by atoms with Crippen LogP contribution in [0.2, 0.25) is 5.02 Å². The van der Waals surface area contributed by atoms with Crippen LogP contribution in [0.5, 0.6) is 5.75 Å². The van der Waals surface area contributed by atoms with Crippen LogP contribution in [0.1, 0.15) is 42.9 Å². The quantitative estimate of drug-likeness (QED) is 0.465. The summed E-state index contributed by atoms with van der Waals surface area (Å²) >= 11 is 10.2. The number of methoxy groups -OCH3 is 1. The van der Waals surface area contributed by atoms with Crippen molar-refractivity contribution in [3.05, 3.63) is 69.2 Å². The Morgan fingerprint density at radius 3 is 2.85 bits per heavy atom. The van der Waals surface area contributed by atoms with Gasteiger partial charge in [0.2, 0.25) is 0 Å². The second-order valence-electron chi connectivity index (χ2n) is 7.07. The van der Waals surface area contributed by atoms with Gasteiger partial charge in [-0.15, -0.1) is 0 Å². The molecular weight excluding hydrogens is 422 g/mol. The predicted molar refractivity (Wildman–Crippen MR) is 119 cm³/mol. The summed E-state index contributed by atoms with van der Waals surface area (Å²) in [5.41, 5.74) is 4.64. The van der Waals surface area contributed by atoms with Gasteiger partial charge in [0.05, 0.1) is 7.11 Å². The number of hydrogen-bond acceptors (Lipinski definition) is 2. The molecule has 0 aliphatic carbocycles. The minimum Gasteiger partial charge on any atom is -0.496 e. The summed E-state index contributed by atoms with van der Waals surface area (Å²) in [6, 6.07) is 12.9. The van der Waals surface area contributed by atoms with Crippen molar-refractivity contribution in [1.29, 1.82) is 0 Å². The van der Waals surface area contributed by atoms with Gasteiger partial charge in [0, 0.05) is 33.3 Å². The topological polar surface area (TPSA) is 12.5 Å². The molecule has 2 aromatic carbocycles. The van der Waals surface area contributed by atoms with Gasteiger partial charge in [-0.25, -0.2) is 0 Å². The van der Waals surface area contributed by atoms with E-state index in [-0.39, 0.29) is 0 Å². The number of aryl methyl sites for hydroxylation is 1. The predicted octanol–water partition coefficient (Wildman–Crippen LogP) is 6.74. The summed E-state index contributed by atoms with van der Waals surface area (Å²) in [6.45, 7) is 7.79. The Morgan fingerprint density at radius 2 is 2.11 bits per heavy atom. The Kier molecular flexibility index (Phi) is 6.88. The zero-order valence-corrected chi connectivity index (χ0v) is 18.4. The van der Waals surface area contributed by atoms with Crippen molar-refractivity contribution in [2.75, 3.05) is 13.7 Å². The molecule has 1 atom stereocenters. The standard InChI is InChI=1S/C23H27BrClNO/c1-4-19-7-6-14-26(19)16(2)20-8-5-9-22(25)21(20)12-10-17-15-18(24)11-13-23(17)27-3/h5,8-9,11,13,15,19H,2,4,6-7,10,12,14H2,1,3H3/t19-/m1/s1. The molecule has 1 saturated heterocycles. The fourth-order valence-corrected chi connectivity index (χ4v) is 4.73. The first kappa shape index (κ1) is 20.3. The van der Waals surface area contributed by atoms with E-state index >= 15 is 0 Å². The molecule has 1 aliphatic heterocycles. The van der Waals surface area contributed by atoms with Gasteiger partial charge in [0.15, 0.2) is 0 Å². The maximum atomic E-state index is 6.62. The number of ether oxygens (including phenoxy) is 1. The van der Waals surface area contributed by atoms with Crippen LogP contribution in [0.25, 0.3) is 5.70 Å². The molecule has 0 amide bonds. The van der Waals surface area contributed by atoms with Gasteiger partial charge in [-0.1, -0.05) is 53.2 Å². The first-order chi connectivity index (χ1) is 13.0. The smallest absolute Gasteiger partial charge is 0.122 e. The van der Waals surface area contributed by atoms with E-state index in [1.54, 1.807) is 7.11 Å². The SMILES string of the molecule is C=C(c1cccc(Cl)c1CCc1cc(Br)ccc1OC)N1CCC[C@H]1CC. The summed E-state index contributed by atoms with van der Waals surface area (Å²) in [5.74, 6) is 0.913. The lowest BCUT2D eigenvalue weighted by atomic mass is 9.97. The minimum atomic E-state index is 0.592. The molecule has 1 aliphatic rings. The van der Waals surface area contributed by atoms with E-state index < -0.39 is 0 Å². The van der Waals surface area contributed by atoms with E-state index in [1.165, 1.54) is 29.5 Å². The molecule has 0 unspecified atom stereocenters. The van der Waals surface area contributed by atoms with Crippen molar-refractivity contribution < 1.29 is 4.74 Å². The average molecular weight is 449 g/mol. The number of nitrogens with zero attached hydrogens (tertiary/aromatic N) is 1. The lowest BCUT2D eigenvalue weighted by Gasteiger charge is -2.29. The van der Waals surface area contributed by atoms with Crippen LogP contribution < -0.4 is 4.74 Å². The van der Waals surface area contributed by atoms with Crippen LogP contribution >= 0.6 is 27.5 Å². The fourth-order valence-electron chi connectivity index (χ4n) is 4.06. The Balaban J connectivity index is 1.86. The largest absolute Gasteiger partial charge is 0.496 e. The molecule has 2 nitrogen and oxygen atoms in total. The van der Waals surface area contributed by atoms with E-state index in [0.29, 0.717) is 6.04 Å². The summed E-state index contributed by atoms with van der Waals surface area (Å²) in [4.78, 5) is 2.47. The molecule has 2 aromatic rings. The van der Waals surface area contributed by atoms with Crippen molar-refractivity contribution in [3.63, 3.8) is 0 Å². The number of benzene rings is 2. The lowest BCUT2D eigenvalue weighted by molar-refractivity contribution is 0.361. The Morgan fingerprint density at radius 1 is 1.30 bits per heavy atom. The second kappa shape index (κ2) is 9.16. The number of likely N-dealkylation sites (tertiary alicyclic amines) is 1. The highest BCUT2D eigenvalue weighted by atomic mass is 79.9. The van der Waals surface area contributed by atoms with Gasteiger partial charge in [-0.3, -0.25) is 0 Å². The van der Waals surface area contributed by atoms with Crippen LogP contribution in [-0.4, -0.2) is 24.6 Å². The zero-order valence-electron chi connectivity index (χ0n) is 16.1. The number of hydrogen-bond donors (Lipinski definition) is 0. The average Bonchev–Trinajstić information content (AvgIpc) is 3.15. The fraction of sp³-hybridized carbons (Fsp3) is 0.391. The third-order valence-corrected chi connectivity index (χ3v) is 6.36. The minimum absolute atomic E-state index is 0.592. The number of rotatable bonds is 7. The maximum Gasteiger partial charge on any atom is 0.122 e. The van der Waals surface area contributed by atoms with Gasteiger partial charge < -0.3 is 9.64 Å². The Labute approximate surface area is 176 Å². The Bertz CT molecular complexity index is 820. The number of halogens is 2. The van der Waals surface area contributed by atoms with Crippen molar-refractivity contribution in [1.82, 2.24) is 4.90 Å². The van der Waals surface area contributed by atoms with Crippen LogP contribution in [0, 0.1) is 0 Å². The molecule has 0 spiro atoms. The molecule has 27 heavy (non-hydrogen) atoms.